The molecule has 0 aliphatic carbocycles. The molecule has 0 fully saturated rings. The molecule has 0 aromatic rings. The molecule has 0 aliphatic rings. The minimum Gasteiger partial charge on any atom is -1.00 e. The van der Waals surface area contributed by atoms with Gasteiger partial charge in [0.05, 0.1) is 14.1 Å². The zero-order valence-corrected chi connectivity index (χ0v) is 5.70. The van der Waals surface area contributed by atoms with Gasteiger partial charge in [0.2, 0.25) is 0 Å². The first kappa shape index (κ1) is 10.2. The minimum absolute atomic E-state index is 0. The molecule has 1 amide bonds. The van der Waals surface area contributed by atoms with Crippen LogP contribution in [0, 0.1) is 0 Å². The standard InChI is InChI=1S/C3H7ClNO.ClH/c1-5(2,4)3-6;/h3H,1-2H3;1H/q+1;/p-1. The van der Waals surface area contributed by atoms with Gasteiger partial charge in [-0.15, -0.1) is 0 Å². The largest absolute Gasteiger partial charge is 1.00 e. The molecule has 0 N–H and O–H groups in total. The van der Waals surface area contributed by atoms with Crippen LogP contribution in [0.3, 0.4) is 0 Å². The van der Waals surface area contributed by atoms with E-state index in [1.165, 1.54) is 0 Å². The fourth-order valence-electron chi connectivity index (χ4n) is 0. The highest BCUT2D eigenvalue weighted by Crippen LogP contribution is 1.92. The fraction of sp³-hybridized carbons (Fsp3) is 0.667. The Morgan fingerprint density at radius 3 is 1.71 bits per heavy atom. The van der Waals surface area contributed by atoms with Crippen molar-refractivity contribution in [1.29, 1.82) is 0 Å². The fourth-order valence-corrected chi connectivity index (χ4v) is 0. The van der Waals surface area contributed by atoms with E-state index in [9.17, 15) is 4.79 Å². The Kier molecular flexibility index (Phi) is 4.75. The van der Waals surface area contributed by atoms with E-state index in [1.54, 1.807) is 14.1 Å². The van der Waals surface area contributed by atoms with Gasteiger partial charge in [-0.2, -0.15) is 4.00 Å². The smallest absolute Gasteiger partial charge is 0.318 e. The highest BCUT2D eigenvalue weighted by Gasteiger charge is 2.05. The normalized spacial score (nSPS) is 9.57. The number of hydrogen-bond donors (Lipinski definition) is 0. The first-order valence-corrected chi connectivity index (χ1v) is 1.90. The predicted octanol–water partition coefficient (Wildman–Crippen LogP) is -2.62. The maximum Gasteiger partial charge on any atom is 0.318 e. The van der Waals surface area contributed by atoms with Crippen molar-refractivity contribution in [2.45, 2.75) is 0 Å². The highest BCUT2D eigenvalue weighted by molar-refractivity contribution is 6.09. The van der Waals surface area contributed by atoms with E-state index < -0.39 is 0 Å². The molecule has 0 saturated heterocycles. The molecule has 0 unspecified atom stereocenters. The Hall–Kier alpha value is 0.210. The molecule has 7 heavy (non-hydrogen) atoms. The van der Waals surface area contributed by atoms with E-state index in [-0.39, 0.29) is 16.4 Å². The summed E-state index contributed by atoms with van der Waals surface area (Å²) in [5.41, 5.74) is 0. The highest BCUT2D eigenvalue weighted by atomic mass is 35.5. The van der Waals surface area contributed by atoms with Gasteiger partial charge < -0.3 is 12.4 Å². The summed E-state index contributed by atoms with van der Waals surface area (Å²) in [5, 5.41) is 0. The van der Waals surface area contributed by atoms with Crippen molar-refractivity contribution in [2.24, 2.45) is 0 Å². The molecule has 0 saturated carbocycles. The molecular weight excluding hydrogens is 137 g/mol. The van der Waals surface area contributed by atoms with Crippen molar-refractivity contribution in [3.05, 3.63) is 0 Å². The number of rotatable bonds is 1. The van der Waals surface area contributed by atoms with Gasteiger partial charge in [0.1, 0.15) is 0 Å². The molecular formula is C3H7Cl2NO. The molecule has 0 bridgehead atoms. The van der Waals surface area contributed by atoms with Crippen LogP contribution in [0.4, 0.5) is 0 Å². The average molecular weight is 144 g/mol. The Bertz CT molecular complexity index is 58.4. The van der Waals surface area contributed by atoms with E-state index >= 15 is 0 Å². The lowest BCUT2D eigenvalue weighted by Gasteiger charge is -2.04. The summed E-state index contributed by atoms with van der Waals surface area (Å²) < 4.78 is -0.139. The van der Waals surface area contributed by atoms with Crippen LogP contribution in [0.25, 0.3) is 0 Å². The van der Waals surface area contributed by atoms with Gasteiger partial charge in [-0.25, -0.2) is 4.79 Å². The summed E-state index contributed by atoms with van der Waals surface area (Å²) in [6.45, 7) is 0. The number of amides is 1. The van der Waals surface area contributed by atoms with Crippen LogP contribution in [0.2, 0.25) is 0 Å². The van der Waals surface area contributed by atoms with Gasteiger partial charge in [0.15, 0.2) is 11.8 Å². The second kappa shape index (κ2) is 3.24. The summed E-state index contributed by atoms with van der Waals surface area (Å²) in [6.07, 6.45) is 0.640. The van der Waals surface area contributed by atoms with Crippen LogP contribution >= 0.6 is 11.8 Å². The van der Waals surface area contributed by atoms with E-state index in [0.717, 1.165) is 0 Å². The number of nitrogens with zero attached hydrogens (tertiary/aromatic N) is 1. The van der Waals surface area contributed by atoms with Gasteiger partial charge in [0.25, 0.3) is 0 Å². The molecule has 44 valence electrons. The molecule has 0 heterocycles. The van der Waals surface area contributed by atoms with E-state index in [1.807, 2.05) is 0 Å². The quantitative estimate of drug-likeness (QED) is 0.291. The zero-order valence-electron chi connectivity index (χ0n) is 4.19. The van der Waals surface area contributed by atoms with Crippen molar-refractivity contribution < 1.29 is 21.2 Å². The SMILES string of the molecule is C[N+](C)(Cl)C=O.[Cl-]. The molecule has 0 rings (SSSR count). The molecule has 2 nitrogen and oxygen atoms in total. The topological polar surface area (TPSA) is 17.1 Å². The Balaban J connectivity index is 0. The van der Waals surface area contributed by atoms with Crippen LogP contribution in [0.15, 0.2) is 0 Å². The van der Waals surface area contributed by atoms with Crippen molar-refractivity contribution >= 4 is 18.2 Å². The van der Waals surface area contributed by atoms with Crippen LogP contribution in [-0.4, -0.2) is 24.5 Å². The maximum atomic E-state index is 9.67. The van der Waals surface area contributed by atoms with Crippen molar-refractivity contribution in [3.63, 3.8) is 0 Å². The lowest BCUT2D eigenvalue weighted by Crippen LogP contribution is -3.00. The van der Waals surface area contributed by atoms with E-state index in [2.05, 4.69) is 0 Å². The average Bonchev–Trinajstić information content (AvgIpc) is 1.35. The van der Waals surface area contributed by atoms with Crippen LogP contribution in [0.5, 0.6) is 0 Å². The molecule has 0 aromatic carbocycles. The number of hydrogen-bond acceptors (Lipinski definition) is 1. The van der Waals surface area contributed by atoms with Gasteiger partial charge in [-0.1, -0.05) is 0 Å². The Morgan fingerprint density at radius 2 is 1.71 bits per heavy atom. The van der Waals surface area contributed by atoms with Crippen LogP contribution in [0.1, 0.15) is 0 Å². The Labute approximate surface area is 54.2 Å². The summed E-state index contributed by atoms with van der Waals surface area (Å²) in [5.74, 6) is 0. The van der Waals surface area contributed by atoms with Crippen molar-refractivity contribution in [2.75, 3.05) is 14.1 Å². The first-order valence-electron chi connectivity index (χ1n) is 1.56. The second-order valence-electron chi connectivity index (χ2n) is 1.50. The molecule has 4 heteroatoms. The van der Waals surface area contributed by atoms with Gasteiger partial charge in [-0.05, 0) is 0 Å². The molecule has 0 spiro atoms. The summed E-state index contributed by atoms with van der Waals surface area (Å²) in [4.78, 5) is 9.67. The lowest BCUT2D eigenvalue weighted by molar-refractivity contribution is -0.677. The maximum absolute atomic E-state index is 9.67. The number of quaternary nitrogens is 1. The monoisotopic (exact) mass is 143 g/mol. The summed E-state index contributed by atoms with van der Waals surface area (Å²) >= 11 is 5.29. The lowest BCUT2D eigenvalue weighted by atomic mass is 11.0. The molecule has 0 aromatic heterocycles. The Morgan fingerprint density at radius 1 is 1.57 bits per heavy atom. The third-order valence-corrected chi connectivity index (χ3v) is 0.330. The van der Waals surface area contributed by atoms with Crippen molar-refractivity contribution in [1.82, 2.24) is 0 Å². The van der Waals surface area contributed by atoms with Gasteiger partial charge in [0, 0.05) is 0 Å². The minimum atomic E-state index is -0.139. The summed E-state index contributed by atoms with van der Waals surface area (Å²) in [6, 6.07) is 0. The number of carbonyl (C=O) groups excluding carboxylic acids is 1. The zero-order chi connectivity index (χ0) is 5.21. The predicted molar refractivity (Wildman–Crippen MR) is 24.0 cm³/mol. The van der Waals surface area contributed by atoms with Crippen molar-refractivity contribution in [3.8, 4) is 0 Å². The van der Waals surface area contributed by atoms with Crippen LogP contribution in [-0.2, 0) is 4.79 Å². The number of carbonyl (C=O) groups is 1. The first-order chi connectivity index (χ1) is 2.56. The van der Waals surface area contributed by atoms with E-state index in [4.69, 9.17) is 11.8 Å². The van der Waals surface area contributed by atoms with Gasteiger partial charge >= 0.3 is 6.41 Å². The van der Waals surface area contributed by atoms with Crippen LogP contribution < -0.4 is 12.4 Å². The number of halogens is 2. The third-order valence-electron chi connectivity index (χ3n) is 0.251. The second-order valence-corrected chi connectivity index (χ2v) is 2.38. The van der Waals surface area contributed by atoms with Gasteiger partial charge in [-0.3, -0.25) is 0 Å². The molecule has 0 aliphatic heterocycles. The molecule has 0 atom stereocenters. The molecule has 0 radical (unpaired) electrons. The third kappa shape index (κ3) is 10.7. The van der Waals surface area contributed by atoms with E-state index in [0.29, 0.717) is 6.41 Å². The summed E-state index contributed by atoms with van der Waals surface area (Å²) in [7, 11) is 3.16.